The van der Waals surface area contributed by atoms with Gasteiger partial charge in [-0.15, -0.1) is 0 Å². The third-order valence-electron chi connectivity index (χ3n) is 17.7. The van der Waals surface area contributed by atoms with Crippen LogP contribution < -0.4 is 0 Å². The number of allylic oxidation sites excluding steroid dienone is 1. The summed E-state index contributed by atoms with van der Waals surface area (Å²) < 4.78 is 49.9. The molecule has 0 spiro atoms. The molecule has 7 fully saturated rings. The van der Waals surface area contributed by atoms with Crippen LogP contribution in [0.15, 0.2) is 11.6 Å². The summed E-state index contributed by atoms with van der Waals surface area (Å²) in [7, 11) is 1.76. The Kier molecular flexibility index (Phi) is 14.7. The monoisotopic (exact) mass is 917 g/mol. The van der Waals surface area contributed by atoms with E-state index in [9.17, 15) is 51.1 Å². The number of rotatable bonds is 13. The maximum Gasteiger partial charge on any atom is 0.187 e. The van der Waals surface area contributed by atoms with Gasteiger partial charge >= 0.3 is 0 Å². The SMILES string of the molecule is CO[C@]1(CC[C@@H](C)CO)O[C@H]2C[C@H]3[C@@H]4CC=C5C[C@@H](O[C@H]6O[C@H](CO)[C@@H](O)[C@H](O[C@@H]7O[C@H](CO)[C@@H](O)[C@H](O)[C@H]7O)[C@H]6O[C@@H]6O[C@@H](C)[C@H](O)[C@@H](O)[C@H]6O)CC[C@]5(C)[C@H]4CC[C@]3(C)[C@H]2[C@@H]1C. The molecule has 18 heteroatoms. The van der Waals surface area contributed by atoms with Crippen LogP contribution in [-0.4, -0.2) is 188 Å². The molecule has 4 aliphatic heterocycles. The van der Waals surface area contributed by atoms with E-state index in [1.165, 1.54) is 12.5 Å². The highest BCUT2D eigenvalue weighted by molar-refractivity contribution is 5.26. The minimum atomic E-state index is -1.85. The molecular weight excluding hydrogens is 840 g/mol. The Bertz CT molecular complexity index is 1620. The van der Waals surface area contributed by atoms with Crippen molar-refractivity contribution in [2.45, 2.75) is 203 Å². The third kappa shape index (κ3) is 8.37. The van der Waals surface area contributed by atoms with Gasteiger partial charge in [-0.2, -0.15) is 0 Å². The molecule has 0 aromatic rings. The number of hydrogen-bond donors (Lipinski definition) is 10. The van der Waals surface area contributed by atoms with Gasteiger partial charge in [0, 0.05) is 26.1 Å². The van der Waals surface area contributed by atoms with Crippen molar-refractivity contribution in [1.29, 1.82) is 0 Å². The largest absolute Gasteiger partial charge is 0.396 e. The van der Waals surface area contributed by atoms with Gasteiger partial charge < -0.3 is 89.0 Å². The van der Waals surface area contributed by atoms with E-state index in [2.05, 4.69) is 33.8 Å². The predicted octanol–water partition coefficient (Wildman–Crippen LogP) is -0.177. The van der Waals surface area contributed by atoms with Crippen LogP contribution >= 0.6 is 0 Å². The molecule has 18 nitrogen and oxygen atoms in total. The standard InChI is InChI=1S/C46H76O18/c1-20(17-47)9-14-46(57-6)21(2)31-28(64-46)16-27-25-8-7-23-15-24(10-12-44(23,4)26(25)11-13-45(27,31)5)59-43-40(63-41-37(55)35(53)32(50)22(3)58-41)39(34(52)30(19-49)61-43)62-42-38(56)36(54)33(51)29(18-48)60-42/h7,20-22,24-43,47-56H,8-19H2,1-6H3/t20-,21+,22+,24+,25-,26+,27+,28+,29-,30-,31+,32+,33-,34-,35-,36+,37-,38-,39+,40-,41+,42+,43+,44+,45+,46-/m1/s1. The molecule has 8 aliphatic rings. The van der Waals surface area contributed by atoms with Gasteiger partial charge in [0.2, 0.25) is 0 Å². The Morgan fingerprint density at radius 2 is 1.38 bits per heavy atom. The summed E-state index contributed by atoms with van der Waals surface area (Å²) in [6, 6.07) is 0. The highest BCUT2D eigenvalue weighted by Gasteiger charge is 2.68. The van der Waals surface area contributed by atoms with Crippen molar-refractivity contribution in [3.05, 3.63) is 11.6 Å². The lowest BCUT2D eigenvalue weighted by Gasteiger charge is -2.58. The van der Waals surface area contributed by atoms with Gasteiger partial charge in [-0.1, -0.05) is 39.3 Å². The smallest absolute Gasteiger partial charge is 0.187 e. The van der Waals surface area contributed by atoms with Gasteiger partial charge in [-0.05, 0) is 98.7 Å². The van der Waals surface area contributed by atoms with E-state index < -0.39 is 117 Å². The van der Waals surface area contributed by atoms with E-state index in [0.717, 1.165) is 44.9 Å². The van der Waals surface area contributed by atoms with E-state index in [4.69, 9.17) is 37.9 Å². The molecule has 8 rings (SSSR count). The molecule has 0 aromatic heterocycles. The molecule has 0 amide bonds. The Morgan fingerprint density at radius 1 is 0.734 bits per heavy atom. The minimum Gasteiger partial charge on any atom is -0.396 e. The van der Waals surface area contributed by atoms with Crippen LogP contribution in [0.5, 0.6) is 0 Å². The predicted molar refractivity (Wildman–Crippen MR) is 222 cm³/mol. The van der Waals surface area contributed by atoms with E-state index in [1.54, 1.807) is 7.11 Å². The summed E-state index contributed by atoms with van der Waals surface area (Å²) in [5, 5.41) is 106. The molecular formula is C46H76O18. The second kappa shape index (κ2) is 19.1. The lowest BCUT2D eigenvalue weighted by atomic mass is 9.47. The fraction of sp³-hybridized carbons (Fsp3) is 0.957. The molecule has 64 heavy (non-hydrogen) atoms. The van der Waals surface area contributed by atoms with Crippen molar-refractivity contribution in [1.82, 2.24) is 0 Å². The summed E-state index contributed by atoms with van der Waals surface area (Å²) in [6.45, 7) is 9.43. The number of ether oxygens (including phenoxy) is 8. The Labute approximate surface area is 375 Å². The first-order valence-corrected chi connectivity index (χ1v) is 23.8. The zero-order valence-corrected chi connectivity index (χ0v) is 38.1. The molecule has 10 N–H and O–H groups in total. The lowest BCUT2D eigenvalue weighted by molar-refractivity contribution is -0.394. The van der Waals surface area contributed by atoms with E-state index in [1.807, 2.05) is 0 Å². The van der Waals surface area contributed by atoms with Crippen LogP contribution in [0.25, 0.3) is 0 Å². The van der Waals surface area contributed by atoms with Crippen molar-refractivity contribution < 1.29 is 89.0 Å². The van der Waals surface area contributed by atoms with Gasteiger partial charge in [0.25, 0.3) is 0 Å². The van der Waals surface area contributed by atoms with Crippen LogP contribution in [0.1, 0.15) is 92.4 Å². The molecule has 0 unspecified atom stereocenters. The molecule has 4 heterocycles. The second-order valence-electron chi connectivity index (χ2n) is 21.1. The highest BCUT2D eigenvalue weighted by atomic mass is 16.8. The fourth-order valence-electron chi connectivity index (χ4n) is 13.8. The van der Waals surface area contributed by atoms with Gasteiger partial charge in [0.1, 0.15) is 67.1 Å². The third-order valence-corrected chi connectivity index (χ3v) is 17.7. The maximum absolute atomic E-state index is 11.6. The van der Waals surface area contributed by atoms with Crippen molar-refractivity contribution in [3.8, 4) is 0 Å². The zero-order valence-electron chi connectivity index (χ0n) is 38.1. The normalized spacial score (nSPS) is 54.3. The first-order chi connectivity index (χ1) is 30.4. The van der Waals surface area contributed by atoms with Gasteiger partial charge in [-0.3, -0.25) is 0 Å². The maximum atomic E-state index is 11.6. The van der Waals surface area contributed by atoms with Gasteiger partial charge in [0.05, 0.1) is 31.5 Å². The van der Waals surface area contributed by atoms with E-state index in [0.29, 0.717) is 36.5 Å². The second-order valence-corrected chi connectivity index (χ2v) is 21.1. The average Bonchev–Trinajstić information content (AvgIpc) is 3.74. The lowest BCUT2D eigenvalue weighted by Crippen LogP contribution is -2.67. The van der Waals surface area contributed by atoms with Crippen LogP contribution in [-0.2, 0) is 37.9 Å². The summed E-state index contributed by atoms with van der Waals surface area (Å²) >= 11 is 0. The summed E-state index contributed by atoms with van der Waals surface area (Å²) in [5.41, 5.74) is 1.32. The van der Waals surface area contributed by atoms with E-state index in [-0.39, 0.29) is 35.4 Å². The molecule has 0 bridgehead atoms. The Balaban J connectivity index is 1.01. The number of methoxy groups -OCH3 is 1. The highest BCUT2D eigenvalue weighted by Crippen LogP contribution is 2.70. The quantitative estimate of drug-likeness (QED) is 0.107. The van der Waals surface area contributed by atoms with E-state index >= 15 is 0 Å². The molecule has 0 aromatic carbocycles. The molecule has 368 valence electrons. The van der Waals surface area contributed by atoms with Crippen molar-refractivity contribution in [2.75, 3.05) is 26.9 Å². The first kappa shape index (κ1) is 49.4. The van der Waals surface area contributed by atoms with Crippen molar-refractivity contribution in [3.63, 3.8) is 0 Å². The number of hydrogen-bond acceptors (Lipinski definition) is 18. The molecule has 4 aliphatic carbocycles. The topological polar surface area (TPSA) is 276 Å². The van der Waals surface area contributed by atoms with Gasteiger partial charge in [0.15, 0.2) is 24.7 Å². The number of fused-ring (bicyclic) bond motifs is 7. The van der Waals surface area contributed by atoms with Crippen LogP contribution in [0, 0.1) is 46.3 Å². The number of aliphatic hydroxyl groups is 10. The van der Waals surface area contributed by atoms with Crippen LogP contribution in [0.4, 0.5) is 0 Å². The Hall–Kier alpha value is -0.980. The molecule has 3 saturated carbocycles. The summed E-state index contributed by atoms with van der Waals surface area (Å²) in [6.07, 6.45) is -13.5. The number of aliphatic hydroxyl groups excluding tert-OH is 10. The summed E-state index contributed by atoms with van der Waals surface area (Å²) in [5.74, 6) is 1.57. The van der Waals surface area contributed by atoms with Crippen LogP contribution in [0.2, 0.25) is 0 Å². The fourth-order valence-corrected chi connectivity index (χ4v) is 13.8. The van der Waals surface area contributed by atoms with Crippen LogP contribution in [0.3, 0.4) is 0 Å². The Morgan fingerprint density at radius 3 is 2.05 bits per heavy atom. The average molecular weight is 917 g/mol. The minimum absolute atomic E-state index is 0.0833. The molecule has 0 radical (unpaired) electrons. The molecule has 4 saturated heterocycles. The zero-order chi connectivity index (χ0) is 46.2. The van der Waals surface area contributed by atoms with Crippen molar-refractivity contribution in [2.24, 2.45) is 46.3 Å². The van der Waals surface area contributed by atoms with Gasteiger partial charge in [-0.25, -0.2) is 0 Å². The summed E-state index contributed by atoms with van der Waals surface area (Å²) in [4.78, 5) is 0. The first-order valence-electron chi connectivity index (χ1n) is 23.8. The van der Waals surface area contributed by atoms with Crippen molar-refractivity contribution >= 4 is 0 Å². The molecule has 26 atom stereocenters.